The first-order chi connectivity index (χ1) is 8.33. The third-order valence-corrected chi connectivity index (χ3v) is 2.61. The molecule has 0 atom stereocenters. The van der Waals surface area contributed by atoms with Crippen molar-refractivity contribution in [2.45, 2.75) is 26.8 Å². The van der Waals surface area contributed by atoms with Gasteiger partial charge in [0.25, 0.3) is 0 Å². The Morgan fingerprint density at radius 1 is 1.33 bits per heavy atom. The molecule has 0 aliphatic rings. The molecule has 1 aromatic carbocycles. The van der Waals surface area contributed by atoms with Gasteiger partial charge in [-0.25, -0.2) is 4.39 Å². The van der Waals surface area contributed by atoms with Gasteiger partial charge in [0.15, 0.2) is 0 Å². The van der Waals surface area contributed by atoms with E-state index in [9.17, 15) is 14.0 Å². The van der Waals surface area contributed by atoms with E-state index in [0.29, 0.717) is 5.56 Å². The summed E-state index contributed by atoms with van der Waals surface area (Å²) < 4.78 is 13.3. The minimum absolute atomic E-state index is 0.0502. The first-order valence-electron chi connectivity index (χ1n) is 5.56. The van der Waals surface area contributed by atoms with Crippen LogP contribution >= 0.6 is 0 Å². The normalized spacial score (nSPS) is 11.1. The lowest BCUT2D eigenvalue weighted by atomic mass is 9.88. The van der Waals surface area contributed by atoms with E-state index in [2.05, 4.69) is 5.32 Å². The average molecular weight is 253 g/mol. The van der Waals surface area contributed by atoms with Crippen LogP contribution < -0.4 is 5.32 Å². The van der Waals surface area contributed by atoms with Gasteiger partial charge in [-0.15, -0.1) is 0 Å². The number of aliphatic carboxylic acids is 1. The molecule has 0 bridgehead atoms. The summed E-state index contributed by atoms with van der Waals surface area (Å²) in [4.78, 5) is 22.4. The first kappa shape index (κ1) is 14.2. The Kier molecular flexibility index (Phi) is 4.42. The SMILES string of the molecule is CC(C)(CC(=O)O)C(=O)NCc1ccccc1F. The monoisotopic (exact) mass is 253 g/mol. The van der Waals surface area contributed by atoms with E-state index in [-0.39, 0.29) is 13.0 Å². The van der Waals surface area contributed by atoms with E-state index in [0.717, 1.165) is 0 Å². The lowest BCUT2D eigenvalue weighted by Crippen LogP contribution is -2.38. The molecule has 0 radical (unpaired) electrons. The van der Waals surface area contributed by atoms with E-state index < -0.39 is 23.1 Å². The van der Waals surface area contributed by atoms with E-state index in [1.165, 1.54) is 19.9 Å². The van der Waals surface area contributed by atoms with Crippen LogP contribution in [0.3, 0.4) is 0 Å². The molecule has 1 aromatic rings. The van der Waals surface area contributed by atoms with Crippen LogP contribution in [0.15, 0.2) is 24.3 Å². The lowest BCUT2D eigenvalue weighted by Gasteiger charge is -2.21. The van der Waals surface area contributed by atoms with Crippen LogP contribution in [-0.4, -0.2) is 17.0 Å². The number of benzene rings is 1. The van der Waals surface area contributed by atoms with Gasteiger partial charge in [0, 0.05) is 12.1 Å². The smallest absolute Gasteiger partial charge is 0.304 e. The quantitative estimate of drug-likeness (QED) is 0.842. The Morgan fingerprint density at radius 2 is 1.94 bits per heavy atom. The molecular formula is C13H16FNO3. The van der Waals surface area contributed by atoms with Gasteiger partial charge in [-0.05, 0) is 6.07 Å². The third kappa shape index (κ3) is 3.84. The van der Waals surface area contributed by atoms with Crippen LogP contribution in [-0.2, 0) is 16.1 Å². The van der Waals surface area contributed by atoms with Crippen molar-refractivity contribution in [3.8, 4) is 0 Å². The first-order valence-corrected chi connectivity index (χ1v) is 5.56. The number of carbonyl (C=O) groups is 2. The Morgan fingerprint density at radius 3 is 2.50 bits per heavy atom. The van der Waals surface area contributed by atoms with Gasteiger partial charge < -0.3 is 10.4 Å². The van der Waals surface area contributed by atoms with Gasteiger partial charge in [0.1, 0.15) is 5.82 Å². The molecule has 1 amide bonds. The molecule has 18 heavy (non-hydrogen) atoms. The molecule has 0 spiro atoms. The molecule has 5 heteroatoms. The number of halogens is 1. The second-order valence-electron chi connectivity index (χ2n) is 4.73. The molecule has 0 aliphatic carbocycles. The molecule has 4 nitrogen and oxygen atoms in total. The highest BCUT2D eigenvalue weighted by Crippen LogP contribution is 2.20. The van der Waals surface area contributed by atoms with Crippen LogP contribution in [0.4, 0.5) is 4.39 Å². The standard InChI is InChI=1S/C13H16FNO3/c1-13(2,7-11(16)17)12(18)15-8-9-5-3-4-6-10(9)14/h3-6H,7-8H2,1-2H3,(H,15,18)(H,16,17). The molecule has 98 valence electrons. The van der Waals surface area contributed by atoms with E-state index >= 15 is 0 Å². The summed E-state index contributed by atoms with van der Waals surface area (Å²) in [6.07, 6.45) is -0.268. The summed E-state index contributed by atoms with van der Waals surface area (Å²) in [7, 11) is 0. The molecule has 0 saturated heterocycles. The zero-order chi connectivity index (χ0) is 13.8. The van der Waals surface area contributed by atoms with Crippen LogP contribution in [0.1, 0.15) is 25.8 Å². The number of rotatable bonds is 5. The molecule has 0 fully saturated rings. The molecule has 0 saturated carbocycles. The van der Waals surface area contributed by atoms with E-state index in [1.54, 1.807) is 18.2 Å². The Hall–Kier alpha value is -1.91. The van der Waals surface area contributed by atoms with Gasteiger partial charge in [-0.3, -0.25) is 9.59 Å². The molecule has 0 aromatic heterocycles. The van der Waals surface area contributed by atoms with Crippen molar-refractivity contribution in [3.63, 3.8) is 0 Å². The van der Waals surface area contributed by atoms with Gasteiger partial charge >= 0.3 is 5.97 Å². The third-order valence-electron chi connectivity index (χ3n) is 2.61. The molecule has 2 N–H and O–H groups in total. The Bertz CT molecular complexity index is 457. The second-order valence-corrected chi connectivity index (χ2v) is 4.73. The number of carbonyl (C=O) groups excluding carboxylic acids is 1. The number of hydrogen-bond acceptors (Lipinski definition) is 2. The molecule has 0 unspecified atom stereocenters. The van der Waals surface area contributed by atoms with Gasteiger partial charge in [-0.1, -0.05) is 32.0 Å². The van der Waals surface area contributed by atoms with Gasteiger partial charge in [0.05, 0.1) is 11.8 Å². The summed E-state index contributed by atoms with van der Waals surface area (Å²) >= 11 is 0. The number of nitrogens with one attached hydrogen (secondary N) is 1. The fourth-order valence-corrected chi connectivity index (χ4v) is 1.51. The number of carboxylic acid groups (broad SMARTS) is 1. The maximum absolute atomic E-state index is 13.3. The topological polar surface area (TPSA) is 66.4 Å². The Balaban J connectivity index is 2.61. The van der Waals surface area contributed by atoms with Crippen molar-refractivity contribution >= 4 is 11.9 Å². The van der Waals surface area contributed by atoms with Crippen molar-refractivity contribution in [2.75, 3.05) is 0 Å². The molecule has 0 heterocycles. The van der Waals surface area contributed by atoms with Crippen molar-refractivity contribution < 1.29 is 19.1 Å². The van der Waals surface area contributed by atoms with Crippen molar-refractivity contribution in [2.24, 2.45) is 5.41 Å². The van der Waals surface area contributed by atoms with Crippen molar-refractivity contribution in [3.05, 3.63) is 35.6 Å². The minimum atomic E-state index is -1.04. The van der Waals surface area contributed by atoms with Crippen molar-refractivity contribution in [1.82, 2.24) is 5.32 Å². The summed E-state index contributed by atoms with van der Waals surface area (Å²) in [5.41, 5.74) is -0.645. The summed E-state index contributed by atoms with van der Waals surface area (Å²) in [5.74, 6) is -1.84. The van der Waals surface area contributed by atoms with Crippen LogP contribution in [0.2, 0.25) is 0 Å². The highest BCUT2D eigenvalue weighted by molar-refractivity contribution is 5.86. The van der Waals surface area contributed by atoms with E-state index in [4.69, 9.17) is 5.11 Å². The zero-order valence-corrected chi connectivity index (χ0v) is 10.4. The van der Waals surface area contributed by atoms with E-state index in [1.807, 2.05) is 0 Å². The van der Waals surface area contributed by atoms with Crippen LogP contribution in [0.5, 0.6) is 0 Å². The molecule has 1 rings (SSSR count). The number of amides is 1. The largest absolute Gasteiger partial charge is 0.481 e. The lowest BCUT2D eigenvalue weighted by molar-refractivity contribution is -0.144. The molecule has 0 aliphatic heterocycles. The van der Waals surface area contributed by atoms with Gasteiger partial charge in [-0.2, -0.15) is 0 Å². The highest BCUT2D eigenvalue weighted by Gasteiger charge is 2.30. The Labute approximate surface area is 105 Å². The predicted octanol–water partition coefficient (Wildman–Crippen LogP) is 1.94. The average Bonchev–Trinajstić information content (AvgIpc) is 2.25. The zero-order valence-electron chi connectivity index (χ0n) is 10.4. The fraction of sp³-hybridized carbons (Fsp3) is 0.385. The van der Waals surface area contributed by atoms with Gasteiger partial charge in [0.2, 0.25) is 5.91 Å². The summed E-state index contributed by atoms with van der Waals surface area (Å²) in [5, 5.41) is 11.2. The number of hydrogen-bond donors (Lipinski definition) is 2. The van der Waals surface area contributed by atoms with Crippen molar-refractivity contribution in [1.29, 1.82) is 0 Å². The number of carboxylic acids is 1. The predicted molar refractivity (Wildman–Crippen MR) is 64.3 cm³/mol. The summed E-state index contributed by atoms with van der Waals surface area (Å²) in [6, 6.07) is 6.12. The summed E-state index contributed by atoms with van der Waals surface area (Å²) in [6.45, 7) is 3.13. The maximum Gasteiger partial charge on any atom is 0.304 e. The fourth-order valence-electron chi connectivity index (χ4n) is 1.51. The molecular weight excluding hydrogens is 237 g/mol. The van der Waals surface area contributed by atoms with Crippen LogP contribution in [0, 0.1) is 11.2 Å². The van der Waals surface area contributed by atoms with Crippen LogP contribution in [0.25, 0.3) is 0 Å². The maximum atomic E-state index is 13.3. The highest BCUT2D eigenvalue weighted by atomic mass is 19.1. The minimum Gasteiger partial charge on any atom is -0.481 e. The second kappa shape index (κ2) is 5.62.